The standard InChI is InChI=1S/C12H26O3/c1-3-11(14)6-4-5-7-12(15)9-8-10(2)13/h10-15H,3-9H2,1-2H3. The van der Waals surface area contributed by atoms with Crippen LogP contribution in [0.25, 0.3) is 0 Å². The van der Waals surface area contributed by atoms with Crippen LogP contribution < -0.4 is 0 Å². The molecule has 92 valence electrons. The van der Waals surface area contributed by atoms with Gasteiger partial charge in [0.15, 0.2) is 0 Å². The van der Waals surface area contributed by atoms with Gasteiger partial charge in [0.1, 0.15) is 0 Å². The first kappa shape index (κ1) is 14.9. The number of rotatable bonds is 9. The van der Waals surface area contributed by atoms with Crippen LogP contribution in [-0.4, -0.2) is 33.6 Å². The zero-order valence-corrected chi connectivity index (χ0v) is 10.0. The Balaban J connectivity index is 3.27. The summed E-state index contributed by atoms with van der Waals surface area (Å²) in [7, 11) is 0. The maximum Gasteiger partial charge on any atom is 0.0541 e. The molecule has 0 bridgehead atoms. The molecule has 3 N–H and O–H groups in total. The molecule has 0 aromatic heterocycles. The molecular weight excluding hydrogens is 192 g/mol. The van der Waals surface area contributed by atoms with Crippen molar-refractivity contribution in [2.45, 2.75) is 77.1 Å². The number of unbranched alkanes of at least 4 members (excludes halogenated alkanes) is 1. The maximum absolute atomic E-state index is 9.55. The summed E-state index contributed by atoms with van der Waals surface area (Å²) in [5.41, 5.74) is 0. The van der Waals surface area contributed by atoms with Crippen LogP contribution in [0, 0.1) is 0 Å². The molecule has 0 rings (SSSR count). The smallest absolute Gasteiger partial charge is 0.0541 e. The molecule has 15 heavy (non-hydrogen) atoms. The highest BCUT2D eigenvalue weighted by atomic mass is 16.3. The molecule has 0 aromatic rings. The van der Waals surface area contributed by atoms with E-state index in [0.717, 1.165) is 32.1 Å². The summed E-state index contributed by atoms with van der Waals surface area (Å²) in [6.07, 6.45) is 4.90. The van der Waals surface area contributed by atoms with Crippen molar-refractivity contribution in [1.82, 2.24) is 0 Å². The molecule has 0 saturated heterocycles. The largest absolute Gasteiger partial charge is 0.393 e. The molecule has 0 saturated carbocycles. The first-order chi connectivity index (χ1) is 7.06. The third-order valence-electron chi connectivity index (χ3n) is 2.71. The summed E-state index contributed by atoms with van der Waals surface area (Å²) in [6, 6.07) is 0. The van der Waals surface area contributed by atoms with Gasteiger partial charge in [0.25, 0.3) is 0 Å². The molecule has 0 aliphatic heterocycles. The molecule has 0 heterocycles. The Morgan fingerprint density at radius 2 is 1.33 bits per heavy atom. The highest BCUT2D eigenvalue weighted by Crippen LogP contribution is 2.11. The summed E-state index contributed by atoms with van der Waals surface area (Å²) in [5.74, 6) is 0. The van der Waals surface area contributed by atoms with E-state index in [1.165, 1.54) is 0 Å². The molecule has 0 fully saturated rings. The zero-order chi connectivity index (χ0) is 11.7. The lowest BCUT2D eigenvalue weighted by Crippen LogP contribution is -2.11. The number of hydrogen-bond acceptors (Lipinski definition) is 3. The highest BCUT2D eigenvalue weighted by Gasteiger charge is 2.06. The molecule has 3 nitrogen and oxygen atoms in total. The fraction of sp³-hybridized carbons (Fsp3) is 1.00. The SMILES string of the molecule is CCC(O)CCCCC(O)CCC(C)O. The van der Waals surface area contributed by atoms with Crippen molar-refractivity contribution in [3.05, 3.63) is 0 Å². The van der Waals surface area contributed by atoms with Crippen molar-refractivity contribution in [1.29, 1.82) is 0 Å². The van der Waals surface area contributed by atoms with E-state index in [1.54, 1.807) is 6.92 Å². The second-order valence-corrected chi connectivity index (χ2v) is 4.43. The van der Waals surface area contributed by atoms with Crippen LogP contribution in [0.1, 0.15) is 58.8 Å². The molecule has 0 aliphatic rings. The van der Waals surface area contributed by atoms with Gasteiger partial charge in [0.2, 0.25) is 0 Å². The third-order valence-corrected chi connectivity index (χ3v) is 2.71. The van der Waals surface area contributed by atoms with Gasteiger partial charge in [-0.15, -0.1) is 0 Å². The highest BCUT2D eigenvalue weighted by molar-refractivity contribution is 4.60. The molecule has 0 amide bonds. The van der Waals surface area contributed by atoms with Gasteiger partial charge in [-0.2, -0.15) is 0 Å². The predicted octanol–water partition coefficient (Wildman–Crippen LogP) is 1.84. The Kier molecular flexibility index (Phi) is 9.06. The number of aliphatic hydroxyl groups is 3. The van der Waals surface area contributed by atoms with E-state index in [4.69, 9.17) is 5.11 Å². The van der Waals surface area contributed by atoms with Gasteiger partial charge in [0.05, 0.1) is 18.3 Å². The maximum atomic E-state index is 9.55. The lowest BCUT2D eigenvalue weighted by molar-refractivity contribution is 0.111. The fourth-order valence-corrected chi connectivity index (χ4v) is 1.54. The van der Waals surface area contributed by atoms with Crippen LogP contribution in [0.15, 0.2) is 0 Å². The zero-order valence-electron chi connectivity index (χ0n) is 10.0. The Morgan fingerprint density at radius 3 is 1.80 bits per heavy atom. The van der Waals surface area contributed by atoms with Crippen LogP contribution in [0.5, 0.6) is 0 Å². The van der Waals surface area contributed by atoms with Crippen LogP contribution in [0.4, 0.5) is 0 Å². The average Bonchev–Trinajstić information content (AvgIpc) is 2.21. The van der Waals surface area contributed by atoms with Gasteiger partial charge in [-0.3, -0.25) is 0 Å². The summed E-state index contributed by atoms with van der Waals surface area (Å²) >= 11 is 0. The fourth-order valence-electron chi connectivity index (χ4n) is 1.54. The van der Waals surface area contributed by atoms with Crippen LogP contribution in [0.3, 0.4) is 0 Å². The minimum absolute atomic E-state index is 0.181. The Bertz CT molecular complexity index is 137. The Labute approximate surface area is 93.1 Å². The van der Waals surface area contributed by atoms with E-state index in [9.17, 15) is 10.2 Å². The number of aliphatic hydroxyl groups excluding tert-OH is 3. The summed E-state index contributed by atoms with van der Waals surface area (Å²) in [4.78, 5) is 0. The lowest BCUT2D eigenvalue weighted by atomic mass is 10.0. The second kappa shape index (κ2) is 9.13. The predicted molar refractivity (Wildman–Crippen MR) is 61.7 cm³/mol. The molecule has 0 aliphatic carbocycles. The Morgan fingerprint density at radius 1 is 0.800 bits per heavy atom. The summed E-state index contributed by atoms with van der Waals surface area (Å²) < 4.78 is 0. The third kappa shape index (κ3) is 10.2. The van der Waals surface area contributed by atoms with Crippen molar-refractivity contribution in [3.8, 4) is 0 Å². The second-order valence-electron chi connectivity index (χ2n) is 4.43. The average molecular weight is 218 g/mol. The van der Waals surface area contributed by atoms with Crippen molar-refractivity contribution < 1.29 is 15.3 Å². The lowest BCUT2D eigenvalue weighted by Gasteiger charge is -2.12. The van der Waals surface area contributed by atoms with E-state index in [2.05, 4.69) is 0 Å². The first-order valence-corrected chi connectivity index (χ1v) is 6.10. The summed E-state index contributed by atoms with van der Waals surface area (Å²) in [5, 5.41) is 27.9. The van der Waals surface area contributed by atoms with Crippen LogP contribution >= 0.6 is 0 Å². The molecule has 3 unspecified atom stereocenters. The van der Waals surface area contributed by atoms with Gasteiger partial charge in [-0.25, -0.2) is 0 Å². The summed E-state index contributed by atoms with van der Waals surface area (Å²) in [6.45, 7) is 3.71. The van der Waals surface area contributed by atoms with Crippen LogP contribution in [-0.2, 0) is 0 Å². The molecule has 0 aromatic carbocycles. The first-order valence-electron chi connectivity index (χ1n) is 6.10. The molecule has 0 radical (unpaired) electrons. The van der Waals surface area contributed by atoms with E-state index in [1.807, 2.05) is 6.92 Å². The minimum Gasteiger partial charge on any atom is -0.393 e. The monoisotopic (exact) mass is 218 g/mol. The van der Waals surface area contributed by atoms with E-state index >= 15 is 0 Å². The van der Waals surface area contributed by atoms with Gasteiger partial charge >= 0.3 is 0 Å². The van der Waals surface area contributed by atoms with Crippen molar-refractivity contribution in [3.63, 3.8) is 0 Å². The molecule has 3 atom stereocenters. The normalized spacial score (nSPS) is 17.4. The van der Waals surface area contributed by atoms with E-state index in [0.29, 0.717) is 12.8 Å². The van der Waals surface area contributed by atoms with Crippen molar-refractivity contribution in [2.24, 2.45) is 0 Å². The van der Waals surface area contributed by atoms with Gasteiger partial charge in [-0.05, 0) is 39.0 Å². The van der Waals surface area contributed by atoms with Crippen molar-refractivity contribution >= 4 is 0 Å². The Hall–Kier alpha value is -0.120. The van der Waals surface area contributed by atoms with Crippen molar-refractivity contribution in [2.75, 3.05) is 0 Å². The van der Waals surface area contributed by atoms with Gasteiger partial charge < -0.3 is 15.3 Å². The topological polar surface area (TPSA) is 60.7 Å². The van der Waals surface area contributed by atoms with Gasteiger partial charge in [-0.1, -0.05) is 19.8 Å². The van der Waals surface area contributed by atoms with E-state index in [-0.39, 0.29) is 18.3 Å². The molecular formula is C12H26O3. The molecule has 3 heteroatoms. The van der Waals surface area contributed by atoms with E-state index < -0.39 is 0 Å². The van der Waals surface area contributed by atoms with Gasteiger partial charge in [0, 0.05) is 0 Å². The molecule has 0 spiro atoms. The minimum atomic E-state index is -0.318. The number of hydrogen-bond donors (Lipinski definition) is 3. The quantitative estimate of drug-likeness (QED) is 0.517. The van der Waals surface area contributed by atoms with Crippen LogP contribution in [0.2, 0.25) is 0 Å².